The number of nitrogens with one attached hydrogen (secondary N) is 1. The monoisotopic (exact) mass is 503 g/mol. The molecule has 0 spiro atoms. The third-order valence-corrected chi connectivity index (χ3v) is 6.06. The molecule has 0 aliphatic carbocycles. The maximum Gasteiger partial charge on any atom is 0.387 e. The summed E-state index contributed by atoms with van der Waals surface area (Å²) < 4.78 is 48.4. The van der Waals surface area contributed by atoms with Crippen LogP contribution in [0, 0.1) is 0 Å². The van der Waals surface area contributed by atoms with E-state index in [0.717, 1.165) is 5.56 Å². The molecule has 0 saturated heterocycles. The Bertz CT molecular complexity index is 1440. The van der Waals surface area contributed by atoms with Gasteiger partial charge in [-0.3, -0.25) is 4.79 Å². The van der Waals surface area contributed by atoms with E-state index in [4.69, 9.17) is 18.9 Å². The average molecular weight is 504 g/mol. The van der Waals surface area contributed by atoms with Gasteiger partial charge >= 0.3 is 6.61 Å². The van der Waals surface area contributed by atoms with Crippen LogP contribution in [0.2, 0.25) is 0 Å². The Morgan fingerprint density at radius 1 is 0.865 bits per heavy atom. The minimum atomic E-state index is -3.00. The number of anilines is 1. The number of halogens is 2. The van der Waals surface area contributed by atoms with Gasteiger partial charge in [0.1, 0.15) is 17.6 Å². The van der Waals surface area contributed by atoms with Gasteiger partial charge in [0.05, 0.1) is 19.8 Å². The molecular formula is C29H23F2NO5. The lowest BCUT2D eigenvalue weighted by Gasteiger charge is -2.31. The zero-order valence-electron chi connectivity index (χ0n) is 20.0. The van der Waals surface area contributed by atoms with E-state index < -0.39 is 12.7 Å². The highest BCUT2D eigenvalue weighted by Crippen LogP contribution is 2.50. The largest absolute Gasteiger partial charge is 0.493 e. The van der Waals surface area contributed by atoms with Gasteiger partial charge < -0.3 is 24.3 Å². The first kappa shape index (κ1) is 24.1. The third kappa shape index (κ3) is 4.78. The molecule has 0 fully saturated rings. The highest BCUT2D eigenvalue weighted by molar-refractivity contribution is 6.04. The van der Waals surface area contributed by atoms with E-state index in [2.05, 4.69) is 5.32 Å². The molecule has 8 heteroatoms. The van der Waals surface area contributed by atoms with Crippen molar-refractivity contribution in [1.82, 2.24) is 0 Å². The van der Waals surface area contributed by atoms with Crippen LogP contribution in [0.1, 0.15) is 27.6 Å². The van der Waals surface area contributed by atoms with E-state index in [1.165, 1.54) is 13.2 Å². The number of amides is 1. The van der Waals surface area contributed by atoms with E-state index in [0.29, 0.717) is 45.2 Å². The Morgan fingerprint density at radius 2 is 1.65 bits per heavy atom. The number of ether oxygens (including phenoxy) is 4. The molecule has 1 aliphatic heterocycles. The number of methoxy groups -OCH3 is 2. The van der Waals surface area contributed by atoms with E-state index in [1.54, 1.807) is 73.8 Å². The van der Waals surface area contributed by atoms with E-state index in [-0.39, 0.29) is 11.7 Å². The van der Waals surface area contributed by atoms with Crippen molar-refractivity contribution < 1.29 is 32.5 Å². The minimum Gasteiger partial charge on any atom is -0.493 e. The molecule has 1 N–H and O–H groups in total. The average Bonchev–Trinajstić information content (AvgIpc) is 2.92. The first-order valence-corrected chi connectivity index (χ1v) is 11.5. The number of hydrogen-bond donors (Lipinski definition) is 1. The Labute approximate surface area is 212 Å². The van der Waals surface area contributed by atoms with Crippen LogP contribution in [0.5, 0.6) is 23.0 Å². The summed E-state index contributed by atoms with van der Waals surface area (Å²) in [6.45, 7) is -3.00. The normalized spacial score (nSPS) is 13.7. The summed E-state index contributed by atoms with van der Waals surface area (Å²) in [5, 5.41) is 2.90. The van der Waals surface area contributed by atoms with E-state index >= 15 is 0 Å². The van der Waals surface area contributed by atoms with Crippen molar-refractivity contribution in [2.24, 2.45) is 0 Å². The fourth-order valence-electron chi connectivity index (χ4n) is 4.40. The van der Waals surface area contributed by atoms with Crippen LogP contribution in [-0.2, 0) is 0 Å². The highest BCUT2D eigenvalue weighted by atomic mass is 19.3. The van der Waals surface area contributed by atoms with E-state index in [1.807, 2.05) is 12.1 Å². The van der Waals surface area contributed by atoms with E-state index in [9.17, 15) is 13.6 Å². The smallest absolute Gasteiger partial charge is 0.387 e. The molecular weight excluding hydrogens is 480 g/mol. The van der Waals surface area contributed by atoms with Crippen molar-refractivity contribution in [1.29, 1.82) is 0 Å². The van der Waals surface area contributed by atoms with Gasteiger partial charge in [0.25, 0.3) is 5.91 Å². The second-order valence-electron chi connectivity index (χ2n) is 8.24. The molecule has 5 rings (SSSR count). The lowest BCUT2D eigenvalue weighted by molar-refractivity contribution is -0.0496. The number of alkyl halides is 2. The van der Waals surface area contributed by atoms with Crippen LogP contribution in [-0.4, -0.2) is 26.7 Å². The van der Waals surface area contributed by atoms with Crippen molar-refractivity contribution in [3.05, 3.63) is 102 Å². The topological polar surface area (TPSA) is 66.0 Å². The molecule has 1 amide bonds. The Balaban J connectivity index is 1.62. The summed E-state index contributed by atoms with van der Waals surface area (Å²) in [4.78, 5) is 12.8. The van der Waals surface area contributed by atoms with Gasteiger partial charge in [-0.2, -0.15) is 8.78 Å². The molecule has 0 aromatic heterocycles. The van der Waals surface area contributed by atoms with Gasteiger partial charge in [0, 0.05) is 22.4 Å². The lowest BCUT2D eigenvalue weighted by Crippen LogP contribution is -2.18. The standard InChI is InChI=1S/C29H23F2NO5/c1-34-22-14-11-18(15-25(22)35-2)27-21-16-19(32-28(33)17-7-4-3-5-8-17)12-13-20(21)26-23(36-27)9-6-10-24(26)37-29(30)31/h3-16,27,29H,1-2H3,(H,32,33). The molecule has 4 aromatic rings. The highest BCUT2D eigenvalue weighted by Gasteiger charge is 2.31. The Kier molecular flexibility index (Phi) is 6.64. The Hall–Kier alpha value is -4.59. The lowest BCUT2D eigenvalue weighted by atomic mass is 9.88. The zero-order valence-corrected chi connectivity index (χ0v) is 20.0. The fraction of sp³-hybridized carbons (Fsp3) is 0.138. The number of carbonyl (C=O) groups excluding carboxylic acids is 1. The molecule has 37 heavy (non-hydrogen) atoms. The molecule has 0 radical (unpaired) electrons. The first-order chi connectivity index (χ1) is 18.0. The van der Waals surface area contributed by atoms with Gasteiger partial charge in [-0.15, -0.1) is 0 Å². The summed E-state index contributed by atoms with van der Waals surface area (Å²) in [6, 6.07) is 24.3. The minimum absolute atomic E-state index is 0.000539. The predicted octanol–water partition coefficient (Wildman–Crippen LogP) is 6.71. The van der Waals surface area contributed by atoms with Gasteiger partial charge in [0.2, 0.25) is 0 Å². The molecule has 1 aliphatic rings. The first-order valence-electron chi connectivity index (χ1n) is 11.5. The van der Waals surface area contributed by atoms with Crippen molar-refractivity contribution >= 4 is 11.6 Å². The van der Waals surface area contributed by atoms with Crippen molar-refractivity contribution in [2.45, 2.75) is 12.7 Å². The molecule has 1 heterocycles. The van der Waals surface area contributed by atoms with Gasteiger partial charge in [0.15, 0.2) is 11.5 Å². The summed E-state index contributed by atoms with van der Waals surface area (Å²) in [7, 11) is 3.09. The van der Waals surface area contributed by atoms with Crippen LogP contribution in [0.15, 0.2) is 84.9 Å². The van der Waals surface area contributed by atoms with Crippen molar-refractivity contribution in [2.75, 3.05) is 19.5 Å². The molecule has 6 nitrogen and oxygen atoms in total. The predicted molar refractivity (Wildman–Crippen MR) is 135 cm³/mol. The summed E-state index contributed by atoms with van der Waals surface area (Å²) in [6.07, 6.45) is -0.627. The summed E-state index contributed by atoms with van der Waals surface area (Å²) in [5.74, 6) is 1.19. The SMILES string of the molecule is COc1ccc(C2Oc3cccc(OC(F)F)c3-c3ccc(NC(=O)c4ccccc4)cc32)cc1OC. The van der Waals surface area contributed by atoms with Gasteiger partial charge in [-0.1, -0.05) is 36.4 Å². The fourth-order valence-corrected chi connectivity index (χ4v) is 4.40. The summed E-state index contributed by atoms with van der Waals surface area (Å²) >= 11 is 0. The molecule has 4 aromatic carbocycles. The van der Waals surface area contributed by atoms with Crippen LogP contribution in [0.3, 0.4) is 0 Å². The van der Waals surface area contributed by atoms with Gasteiger partial charge in [-0.25, -0.2) is 0 Å². The number of rotatable bonds is 7. The van der Waals surface area contributed by atoms with Crippen LogP contribution < -0.4 is 24.3 Å². The molecule has 0 bridgehead atoms. The molecule has 1 atom stereocenters. The zero-order chi connectivity index (χ0) is 25.9. The maximum atomic E-state index is 13.2. The third-order valence-electron chi connectivity index (χ3n) is 6.06. The van der Waals surface area contributed by atoms with Crippen LogP contribution >= 0.6 is 0 Å². The Morgan fingerprint density at radius 3 is 2.38 bits per heavy atom. The van der Waals surface area contributed by atoms with Crippen molar-refractivity contribution in [3.63, 3.8) is 0 Å². The van der Waals surface area contributed by atoms with Crippen LogP contribution in [0.25, 0.3) is 11.1 Å². The second-order valence-corrected chi connectivity index (χ2v) is 8.24. The molecule has 1 unspecified atom stereocenters. The summed E-state index contributed by atoms with van der Waals surface area (Å²) in [5.41, 5.74) is 3.50. The quantitative estimate of drug-likeness (QED) is 0.304. The number of benzene rings is 4. The number of carbonyl (C=O) groups is 1. The molecule has 188 valence electrons. The number of hydrogen-bond acceptors (Lipinski definition) is 5. The van der Waals surface area contributed by atoms with Gasteiger partial charge in [-0.05, 0) is 54.1 Å². The second kappa shape index (κ2) is 10.2. The number of fused-ring (bicyclic) bond motifs is 3. The van der Waals surface area contributed by atoms with Crippen LogP contribution in [0.4, 0.5) is 14.5 Å². The maximum absolute atomic E-state index is 13.2. The van der Waals surface area contributed by atoms with Crippen molar-refractivity contribution in [3.8, 4) is 34.1 Å². The molecule has 0 saturated carbocycles.